The molecule has 0 radical (unpaired) electrons. The van der Waals surface area contributed by atoms with Crippen molar-refractivity contribution in [2.24, 2.45) is 0 Å². The summed E-state index contributed by atoms with van der Waals surface area (Å²) in [6.07, 6.45) is 5.96. The third-order valence-corrected chi connectivity index (χ3v) is 4.42. The van der Waals surface area contributed by atoms with E-state index >= 15 is 0 Å². The van der Waals surface area contributed by atoms with Crippen LogP contribution in [0.25, 0.3) is 0 Å². The lowest BCUT2D eigenvalue weighted by Gasteiger charge is -2.31. The third kappa shape index (κ3) is 4.03. The average molecular weight is 315 g/mol. The smallest absolute Gasteiger partial charge is 0.241 e. The van der Waals surface area contributed by atoms with Crippen LogP contribution in [-0.2, 0) is 4.79 Å². The van der Waals surface area contributed by atoms with Crippen molar-refractivity contribution in [2.45, 2.75) is 38.1 Å². The Morgan fingerprint density at radius 2 is 2.00 bits per heavy atom. The van der Waals surface area contributed by atoms with Crippen LogP contribution in [-0.4, -0.2) is 30.4 Å². The number of carbonyl (C=O) groups excluding carboxylic acids is 1. The van der Waals surface area contributed by atoms with E-state index in [1.54, 1.807) is 18.2 Å². The summed E-state index contributed by atoms with van der Waals surface area (Å²) in [4.78, 5) is 14.1. The Morgan fingerprint density at radius 3 is 2.65 bits per heavy atom. The molecule has 1 saturated carbocycles. The Bertz CT molecular complexity index is 473. The van der Waals surface area contributed by atoms with Crippen LogP contribution in [0.3, 0.4) is 0 Å². The van der Waals surface area contributed by atoms with E-state index in [9.17, 15) is 4.79 Å². The second-order valence-electron chi connectivity index (χ2n) is 5.27. The molecular formula is C15H20Cl2N2O. The molecule has 5 heteroatoms. The molecule has 1 amide bonds. The molecule has 0 saturated heterocycles. The number of halogens is 2. The molecule has 1 aliphatic carbocycles. The molecule has 0 unspecified atom stereocenters. The van der Waals surface area contributed by atoms with E-state index < -0.39 is 0 Å². The Kier molecular flexibility index (Phi) is 5.55. The fraction of sp³-hybridized carbons (Fsp3) is 0.533. The predicted molar refractivity (Wildman–Crippen MR) is 84.6 cm³/mol. The highest BCUT2D eigenvalue weighted by atomic mass is 35.5. The number of rotatable bonds is 4. The highest BCUT2D eigenvalue weighted by Crippen LogP contribution is 2.25. The summed E-state index contributed by atoms with van der Waals surface area (Å²) in [5.74, 6) is 0.0999. The molecule has 1 aromatic carbocycles. The molecular weight excluding hydrogens is 295 g/mol. The minimum absolute atomic E-state index is 0.0999. The van der Waals surface area contributed by atoms with Gasteiger partial charge in [-0.25, -0.2) is 0 Å². The van der Waals surface area contributed by atoms with Gasteiger partial charge in [-0.1, -0.05) is 42.5 Å². The SMILES string of the molecule is CN(C(=O)CNc1ccc(Cl)cc1Cl)C1CCCCC1. The lowest BCUT2D eigenvalue weighted by atomic mass is 9.94. The number of likely N-dealkylation sites (N-methyl/N-ethyl adjacent to an activating group) is 1. The molecule has 20 heavy (non-hydrogen) atoms. The summed E-state index contributed by atoms with van der Waals surface area (Å²) in [7, 11) is 1.89. The van der Waals surface area contributed by atoms with Crippen molar-refractivity contribution in [3.63, 3.8) is 0 Å². The molecule has 0 spiro atoms. The summed E-state index contributed by atoms with van der Waals surface area (Å²) in [6, 6.07) is 5.60. The van der Waals surface area contributed by atoms with Crippen molar-refractivity contribution in [3.05, 3.63) is 28.2 Å². The Hall–Kier alpha value is -0.930. The van der Waals surface area contributed by atoms with Gasteiger partial charge in [0.1, 0.15) is 0 Å². The van der Waals surface area contributed by atoms with E-state index in [0.717, 1.165) is 18.5 Å². The molecule has 0 aliphatic heterocycles. The second kappa shape index (κ2) is 7.19. The van der Waals surface area contributed by atoms with Gasteiger partial charge in [0.15, 0.2) is 0 Å². The first-order valence-corrected chi connectivity index (χ1v) is 7.78. The third-order valence-electron chi connectivity index (χ3n) is 3.88. The number of nitrogens with one attached hydrogen (secondary N) is 1. The molecule has 0 heterocycles. The van der Waals surface area contributed by atoms with Gasteiger partial charge >= 0.3 is 0 Å². The number of nitrogens with zero attached hydrogens (tertiary/aromatic N) is 1. The Labute approximate surface area is 130 Å². The van der Waals surface area contributed by atoms with Crippen LogP contribution < -0.4 is 5.32 Å². The van der Waals surface area contributed by atoms with Crippen LogP contribution in [0.2, 0.25) is 10.0 Å². The second-order valence-corrected chi connectivity index (χ2v) is 6.12. The minimum atomic E-state index is 0.0999. The maximum atomic E-state index is 12.2. The first-order valence-electron chi connectivity index (χ1n) is 7.02. The van der Waals surface area contributed by atoms with Gasteiger partial charge in [-0.15, -0.1) is 0 Å². The minimum Gasteiger partial charge on any atom is -0.375 e. The molecule has 1 N–H and O–H groups in total. The lowest BCUT2D eigenvalue weighted by molar-refractivity contribution is -0.130. The van der Waals surface area contributed by atoms with Gasteiger partial charge in [0.05, 0.1) is 17.3 Å². The molecule has 0 bridgehead atoms. The predicted octanol–water partition coefficient (Wildman–Crippen LogP) is 4.20. The summed E-state index contributed by atoms with van der Waals surface area (Å²) in [5, 5.41) is 4.20. The highest BCUT2D eigenvalue weighted by molar-refractivity contribution is 6.36. The fourth-order valence-electron chi connectivity index (χ4n) is 2.60. The zero-order valence-corrected chi connectivity index (χ0v) is 13.2. The molecule has 1 aromatic rings. The van der Waals surface area contributed by atoms with Crippen LogP contribution in [0.5, 0.6) is 0 Å². The van der Waals surface area contributed by atoms with Gasteiger partial charge in [0.2, 0.25) is 5.91 Å². The number of carbonyl (C=O) groups is 1. The van der Waals surface area contributed by atoms with E-state index in [-0.39, 0.29) is 12.5 Å². The first kappa shape index (κ1) is 15.5. The molecule has 0 aromatic heterocycles. The fourth-order valence-corrected chi connectivity index (χ4v) is 3.08. The molecule has 1 aliphatic rings. The Balaban J connectivity index is 1.87. The van der Waals surface area contributed by atoms with Crippen molar-refractivity contribution in [3.8, 4) is 0 Å². The van der Waals surface area contributed by atoms with Gasteiger partial charge in [0.25, 0.3) is 0 Å². The standard InChI is InChI=1S/C15H20Cl2N2O/c1-19(12-5-3-2-4-6-12)15(20)10-18-14-8-7-11(16)9-13(14)17/h7-9,12,18H,2-6,10H2,1H3. The van der Waals surface area contributed by atoms with Crippen molar-refractivity contribution in [2.75, 3.05) is 18.9 Å². The van der Waals surface area contributed by atoms with Crippen molar-refractivity contribution < 1.29 is 4.79 Å². The van der Waals surface area contributed by atoms with Crippen LogP contribution in [0.4, 0.5) is 5.69 Å². The van der Waals surface area contributed by atoms with E-state index in [0.29, 0.717) is 16.1 Å². The summed E-state index contributed by atoms with van der Waals surface area (Å²) < 4.78 is 0. The van der Waals surface area contributed by atoms with E-state index in [2.05, 4.69) is 5.32 Å². The van der Waals surface area contributed by atoms with Crippen molar-refractivity contribution in [1.82, 2.24) is 4.90 Å². The molecule has 1 fully saturated rings. The van der Waals surface area contributed by atoms with E-state index in [4.69, 9.17) is 23.2 Å². The monoisotopic (exact) mass is 314 g/mol. The number of hydrogen-bond donors (Lipinski definition) is 1. The molecule has 3 nitrogen and oxygen atoms in total. The quantitative estimate of drug-likeness (QED) is 0.903. The van der Waals surface area contributed by atoms with Crippen molar-refractivity contribution in [1.29, 1.82) is 0 Å². The van der Waals surface area contributed by atoms with Gasteiger partial charge in [-0.2, -0.15) is 0 Å². The summed E-state index contributed by atoms with van der Waals surface area (Å²) >= 11 is 11.9. The van der Waals surface area contributed by atoms with E-state index in [1.807, 2.05) is 11.9 Å². The maximum Gasteiger partial charge on any atom is 0.241 e. The zero-order chi connectivity index (χ0) is 14.5. The molecule has 110 valence electrons. The average Bonchev–Trinajstić information content (AvgIpc) is 2.46. The van der Waals surface area contributed by atoms with Gasteiger partial charge in [-0.05, 0) is 31.0 Å². The number of hydrogen-bond acceptors (Lipinski definition) is 2. The first-order chi connectivity index (χ1) is 9.58. The molecule has 2 rings (SSSR count). The Morgan fingerprint density at radius 1 is 1.30 bits per heavy atom. The number of amides is 1. The van der Waals surface area contributed by atoms with Crippen LogP contribution >= 0.6 is 23.2 Å². The van der Waals surface area contributed by atoms with Gasteiger partial charge in [0, 0.05) is 18.1 Å². The van der Waals surface area contributed by atoms with Crippen LogP contribution in [0.15, 0.2) is 18.2 Å². The normalized spacial score (nSPS) is 15.9. The largest absolute Gasteiger partial charge is 0.375 e. The van der Waals surface area contributed by atoms with Crippen LogP contribution in [0, 0.1) is 0 Å². The molecule has 0 atom stereocenters. The van der Waals surface area contributed by atoms with Crippen LogP contribution in [0.1, 0.15) is 32.1 Å². The zero-order valence-electron chi connectivity index (χ0n) is 11.7. The summed E-state index contributed by atoms with van der Waals surface area (Å²) in [6.45, 7) is 0.258. The van der Waals surface area contributed by atoms with Gasteiger partial charge < -0.3 is 10.2 Å². The van der Waals surface area contributed by atoms with Crippen molar-refractivity contribution >= 4 is 34.8 Å². The highest BCUT2D eigenvalue weighted by Gasteiger charge is 2.21. The lowest BCUT2D eigenvalue weighted by Crippen LogP contribution is -2.41. The van der Waals surface area contributed by atoms with E-state index in [1.165, 1.54) is 19.3 Å². The number of anilines is 1. The van der Waals surface area contributed by atoms with Gasteiger partial charge in [-0.3, -0.25) is 4.79 Å². The topological polar surface area (TPSA) is 32.3 Å². The summed E-state index contributed by atoms with van der Waals surface area (Å²) in [5.41, 5.74) is 0.737. The maximum absolute atomic E-state index is 12.2. The number of benzene rings is 1.